The third-order valence-electron chi connectivity index (χ3n) is 5.71. The Morgan fingerprint density at radius 3 is 2.26 bits per heavy atom. The quantitative estimate of drug-likeness (QED) is 0.789. The summed E-state index contributed by atoms with van der Waals surface area (Å²) in [6.45, 7) is 6.88. The molecule has 1 aliphatic heterocycles. The van der Waals surface area contributed by atoms with Gasteiger partial charge in [-0.3, -0.25) is 10.1 Å². The minimum Gasteiger partial charge on any atom is -0.323 e. The Balaban J connectivity index is 1.73. The average molecular weight is 264 g/mol. The Bertz CT molecular complexity index is 361. The molecule has 0 radical (unpaired) electrons. The number of nitrogens with zero attached hydrogens (tertiary/aromatic N) is 1. The summed E-state index contributed by atoms with van der Waals surface area (Å²) >= 11 is 0. The summed E-state index contributed by atoms with van der Waals surface area (Å²) in [5.74, 6) is 0.405. The average Bonchev–Trinajstić information content (AvgIpc) is 2.89. The molecule has 108 valence electrons. The summed E-state index contributed by atoms with van der Waals surface area (Å²) in [7, 11) is 0. The van der Waals surface area contributed by atoms with E-state index in [4.69, 9.17) is 0 Å². The Labute approximate surface area is 117 Å². The van der Waals surface area contributed by atoms with Crippen molar-refractivity contribution in [1.82, 2.24) is 10.2 Å². The highest BCUT2D eigenvalue weighted by molar-refractivity contribution is 5.89. The maximum atomic E-state index is 12.9. The molecule has 1 heterocycles. The Morgan fingerprint density at radius 2 is 1.68 bits per heavy atom. The molecule has 0 bridgehead atoms. The van der Waals surface area contributed by atoms with Crippen LogP contribution in [0.3, 0.4) is 0 Å². The summed E-state index contributed by atoms with van der Waals surface area (Å²) in [6, 6.07) is 0.475. The Kier molecular flexibility index (Phi) is 3.16. The smallest absolute Gasteiger partial charge is 0.244 e. The van der Waals surface area contributed by atoms with Crippen LogP contribution in [0.25, 0.3) is 0 Å². The fourth-order valence-electron chi connectivity index (χ4n) is 4.44. The van der Waals surface area contributed by atoms with Gasteiger partial charge in [0.1, 0.15) is 0 Å². The molecule has 3 rings (SSSR count). The molecule has 19 heavy (non-hydrogen) atoms. The second-order valence-electron chi connectivity index (χ2n) is 7.72. The van der Waals surface area contributed by atoms with E-state index in [1.807, 2.05) is 0 Å². The van der Waals surface area contributed by atoms with Gasteiger partial charge in [-0.1, -0.05) is 26.7 Å². The second-order valence-corrected chi connectivity index (χ2v) is 7.72. The first-order valence-corrected chi connectivity index (χ1v) is 8.04. The van der Waals surface area contributed by atoms with Crippen molar-refractivity contribution in [2.75, 3.05) is 0 Å². The Morgan fingerprint density at radius 1 is 1.11 bits per heavy atom. The van der Waals surface area contributed by atoms with Gasteiger partial charge in [0.25, 0.3) is 0 Å². The van der Waals surface area contributed by atoms with Crippen molar-refractivity contribution in [3.8, 4) is 0 Å². The summed E-state index contributed by atoms with van der Waals surface area (Å²) in [5, 5.41) is 3.62. The molecule has 1 atom stereocenters. The van der Waals surface area contributed by atoms with Crippen LogP contribution in [-0.4, -0.2) is 28.6 Å². The molecule has 2 saturated carbocycles. The van der Waals surface area contributed by atoms with Gasteiger partial charge in [0.2, 0.25) is 5.91 Å². The zero-order valence-electron chi connectivity index (χ0n) is 12.7. The van der Waals surface area contributed by atoms with Crippen LogP contribution in [-0.2, 0) is 4.79 Å². The first kappa shape index (κ1) is 13.4. The normalized spacial score (nSPS) is 34.4. The van der Waals surface area contributed by atoms with Crippen molar-refractivity contribution in [3.63, 3.8) is 0 Å². The van der Waals surface area contributed by atoms with Crippen molar-refractivity contribution < 1.29 is 4.79 Å². The number of hydrogen-bond donors (Lipinski definition) is 1. The van der Waals surface area contributed by atoms with Crippen molar-refractivity contribution in [2.45, 2.75) is 89.9 Å². The molecule has 1 saturated heterocycles. The van der Waals surface area contributed by atoms with Gasteiger partial charge >= 0.3 is 0 Å². The first-order chi connectivity index (χ1) is 8.94. The summed E-state index contributed by atoms with van der Waals surface area (Å²) in [5.41, 5.74) is 0.285. The van der Waals surface area contributed by atoms with Gasteiger partial charge < -0.3 is 4.90 Å². The fourth-order valence-corrected chi connectivity index (χ4v) is 4.44. The topological polar surface area (TPSA) is 32.3 Å². The molecular weight excluding hydrogens is 236 g/mol. The van der Waals surface area contributed by atoms with Crippen molar-refractivity contribution in [3.05, 3.63) is 0 Å². The zero-order valence-corrected chi connectivity index (χ0v) is 12.7. The van der Waals surface area contributed by atoms with Gasteiger partial charge in [0.05, 0.1) is 11.7 Å². The largest absolute Gasteiger partial charge is 0.323 e. The van der Waals surface area contributed by atoms with Crippen molar-refractivity contribution >= 4 is 5.91 Å². The lowest BCUT2D eigenvalue weighted by molar-refractivity contribution is -0.136. The zero-order chi connectivity index (χ0) is 13.7. The minimum absolute atomic E-state index is 0.188. The maximum absolute atomic E-state index is 12.9. The molecule has 1 spiro atoms. The van der Waals surface area contributed by atoms with E-state index in [-0.39, 0.29) is 11.7 Å². The summed E-state index contributed by atoms with van der Waals surface area (Å²) < 4.78 is 0. The van der Waals surface area contributed by atoms with Crippen molar-refractivity contribution in [2.24, 2.45) is 5.41 Å². The van der Waals surface area contributed by atoms with Crippen LogP contribution in [0.4, 0.5) is 0 Å². The molecule has 3 fully saturated rings. The third kappa shape index (κ3) is 2.20. The van der Waals surface area contributed by atoms with E-state index in [2.05, 4.69) is 31.0 Å². The highest BCUT2D eigenvalue weighted by Crippen LogP contribution is 2.42. The molecule has 2 aliphatic carbocycles. The van der Waals surface area contributed by atoms with Crippen LogP contribution in [0.1, 0.15) is 72.1 Å². The van der Waals surface area contributed by atoms with E-state index in [0.29, 0.717) is 17.4 Å². The molecule has 0 aromatic carbocycles. The van der Waals surface area contributed by atoms with Crippen LogP contribution in [0, 0.1) is 5.41 Å². The highest BCUT2D eigenvalue weighted by Gasteiger charge is 2.53. The van der Waals surface area contributed by atoms with Gasteiger partial charge in [-0.05, 0) is 50.9 Å². The van der Waals surface area contributed by atoms with E-state index in [1.165, 1.54) is 38.5 Å². The minimum atomic E-state index is -0.188. The molecule has 3 heteroatoms. The molecule has 3 nitrogen and oxygen atoms in total. The highest BCUT2D eigenvalue weighted by atomic mass is 16.2. The van der Waals surface area contributed by atoms with Crippen LogP contribution >= 0.6 is 0 Å². The van der Waals surface area contributed by atoms with Crippen LogP contribution in [0.15, 0.2) is 0 Å². The molecular formula is C16H28N2O. The molecule has 3 aliphatic rings. The standard InChI is InChI=1S/C16H28N2O/c1-12-17-16(8-4-5-9-16)14(19)18(12)13-6-10-15(2,3)11-7-13/h12-13,17H,4-11H2,1-3H3. The number of carbonyl (C=O) groups excluding carboxylic acids is 1. The monoisotopic (exact) mass is 264 g/mol. The molecule has 1 unspecified atom stereocenters. The fraction of sp³-hybridized carbons (Fsp3) is 0.938. The lowest BCUT2D eigenvalue weighted by atomic mass is 9.75. The number of amides is 1. The number of nitrogens with one attached hydrogen (secondary N) is 1. The van der Waals surface area contributed by atoms with E-state index in [9.17, 15) is 4.79 Å². The lowest BCUT2D eigenvalue weighted by Gasteiger charge is -2.40. The SMILES string of the molecule is CC1NC2(CCCC2)C(=O)N1C1CCC(C)(C)CC1. The second kappa shape index (κ2) is 4.47. The van der Waals surface area contributed by atoms with E-state index in [1.54, 1.807) is 0 Å². The lowest BCUT2D eigenvalue weighted by Crippen LogP contribution is -2.47. The van der Waals surface area contributed by atoms with Crippen LogP contribution in [0.2, 0.25) is 0 Å². The summed E-state index contributed by atoms with van der Waals surface area (Å²) in [4.78, 5) is 15.1. The van der Waals surface area contributed by atoms with Gasteiger partial charge in [-0.15, -0.1) is 0 Å². The first-order valence-electron chi connectivity index (χ1n) is 8.04. The molecule has 0 aromatic heterocycles. The van der Waals surface area contributed by atoms with Gasteiger partial charge in [0.15, 0.2) is 0 Å². The van der Waals surface area contributed by atoms with Crippen molar-refractivity contribution in [1.29, 1.82) is 0 Å². The van der Waals surface area contributed by atoms with E-state index in [0.717, 1.165) is 12.8 Å². The van der Waals surface area contributed by atoms with Crippen LogP contribution < -0.4 is 5.32 Å². The van der Waals surface area contributed by atoms with Gasteiger partial charge in [0, 0.05) is 6.04 Å². The number of hydrogen-bond acceptors (Lipinski definition) is 2. The Hall–Kier alpha value is -0.570. The van der Waals surface area contributed by atoms with E-state index < -0.39 is 0 Å². The molecule has 1 amide bonds. The third-order valence-corrected chi connectivity index (χ3v) is 5.71. The van der Waals surface area contributed by atoms with E-state index >= 15 is 0 Å². The number of carbonyl (C=O) groups is 1. The number of rotatable bonds is 1. The van der Waals surface area contributed by atoms with Gasteiger partial charge in [-0.25, -0.2) is 0 Å². The van der Waals surface area contributed by atoms with Gasteiger partial charge in [-0.2, -0.15) is 0 Å². The molecule has 1 N–H and O–H groups in total. The predicted octanol–water partition coefficient (Wildman–Crippen LogP) is 3.05. The predicted molar refractivity (Wildman–Crippen MR) is 76.7 cm³/mol. The van der Waals surface area contributed by atoms with Crippen LogP contribution in [0.5, 0.6) is 0 Å². The maximum Gasteiger partial charge on any atom is 0.244 e. The molecule has 0 aromatic rings. The summed E-state index contributed by atoms with van der Waals surface area (Å²) in [6.07, 6.45) is 9.60.